The molecule has 0 spiro atoms. The molecule has 1 saturated heterocycles. The molecule has 1 fully saturated rings. The van der Waals surface area contributed by atoms with E-state index in [0.717, 1.165) is 10.0 Å². The SMILES string of the molecule is O=C(Nc1cc([N+](=O)[O-])ccc1N1CCOCC1)c1ccc(-c2ccc(Br)cc2)o1. The molecule has 0 atom stereocenters. The van der Waals surface area contributed by atoms with Crippen LogP contribution in [0.5, 0.6) is 0 Å². The molecule has 154 valence electrons. The maximum absolute atomic E-state index is 12.8. The third-order valence-corrected chi connectivity index (χ3v) is 5.28. The third-order valence-electron chi connectivity index (χ3n) is 4.75. The molecule has 2 aromatic carbocycles. The number of ether oxygens (including phenoxy) is 1. The average Bonchev–Trinajstić information content (AvgIpc) is 3.25. The van der Waals surface area contributed by atoms with E-state index in [1.165, 1.54) is 12.1 Å². The van der Waals surface area contributed by atoms with Crippen molar-refractivity contribution >= 4 is 38.9 Å². The molecule has 1 aromatic heterocycles. The first-order chi connectivity index (χ1) is 14.5. The van der Waals surface area contributed by atoms with Crippen LogP contribution in [0.3, 0.4) is 0 Å². The lowest BCUT2D eigenvalue weighted by Gasteiger charge is -2.30. The van der Waals surface area contributed by atoms with Crippen molar-refractivity contribution in [2.24, 2.45) is 0 Å². The zero-order valence-corrected chi connectivity index (χ0v) is 17.4. The number of furan rings is 1. The number of amides is 1. The van der Waals surface area contributed by atoms with Crippen LogP contribution in [0.25, 0.3) is 11.3 Å². The van der Waals surface area contributed by atoms with E-state index in [2.05, 4.69) is 21.2 Å². The van der Waals surface area contributed by atoms with Gasteiger partial charge in [-0.15, -0.1) is 0 Å². The lowest BCUT2D eigenvalue weighted by Crippen LogP contribution is -2.36. The summed E-state index contributed by atoms with van der Waals surface area (Å²) in [5.41, 5.74) is 1.80. The van der Waals surface area contributed by atoms with Gasteiger partial charge in [-0.2, -0.15) is 0 Å². The van der Waals surface area contributed by atoms with Crippen LogP contribution >= 0.6 is 15.9 Å². The minimum absolute atomic E-state index is 0.0997. The van der Waals surface area contributed by atoms with E-state index in [0.29, 0.717) is 43.4 Å². The fourth-order valence-electron chi connectivity index (χ4n) is 3.23. The average molecular weight is 472 g/mol. The Kier molecular flexibility index (Phi) is 5.82. The number of hydrogen-bond acceptors (Lipinski definition) is 6. The molecule has 1 N–H and O–H groups in total. The summed E-state index contributed by atoms with van der Waals surface area (Å²) in [4.78, 5) is 25.6. The Hall–Kier alpha value is -3.17. The molecule has 0 aliphatic carbocycles. The Balaban J connectivity index is 1.59. The monoisotopic (exact) mass is 471 g/mol. The first-order valence-corrected chi connectivity index (χ1v) is 10.1. The van der Waals surface area contributed by atoms with Gasteiger partial charge >= 0.3 is 0 Å². The van der Waals surface area contributed by atoms with Crippen molar-refractivity contribution in [1.82, 2.24) is 0 Å². The number of benzene rings is 2. The molecule has 0 saturated carbocycles. The number of hydrogen-bond donors (Lipinski definition) is 1. The Morgan fingerprint density at radius 2 is 1.80 bits per heavy atom. The van der Waals surface area contributed by atoms with Crippen LogP contribution < -0.4 is 10.2 Å². The summed E-state index contributed by atoms with van der Waals surface area (Å²) in [6.45, 7) is 2.38. The van der Waals surface area contributed by atoms with Crippen molar-refractivity contribution in [3.05, 3.63) is 74.9 Å². The molecule has 1 aliphatic rings. The van der Waals surface area contributed by atoms with E-state index in [9.17, 15) is 14.9 Å². The van der Waals surface area contributed by atoms with E-state index in [-0.39, 0.29) is 11.4 Å². The van der Waals surface area contributed by atoms with Crippen molar-refractivity contribution < 1.29 is 18.9 Å². The molecule has 3 aromatic rings. The molecule has 1 aliphatic heterocycles. The molecule has 1 amide bonds. The number of anilines is 2. The number of non-ortho nitro benzene ring substituents is 1. The molecule has 2 heterocycles. The van der Waals surface area contributed by atoms with E-state index in [1.54, 1.807) is 18.2 Å². The predicted octanol–water partition coefficient (Wildman–Crippen LogP) is 4.71. The predicted molar refractivity (Wildman–Crippen MR) is 116 cm³/mol. The molecule has 9 heteroatoms. The third kappa shape index (κ3) is 4.37. The first kappa shape index (κ1) is 20.1. The van der Waals surface area contributed by atoms with E-state index < -0.39 is 10.8 Å². The normalized spacial score (nSPS) is 13.8. The van der Waals surface area contributed by atoms with Crippen LogP contribution in [0.2, 0.25) is 0 Å². The summed E-state index contributed by atoms with van der Waals surface area (Å²) in [7, 11) is 0. The van der Waals surface area contributed by atoms with Gasteiger partial charge in [0.15, 0.2) is 5.76 Å². The van der Waals surface area contributed by atoms with Gasteiger partial charge in [-0.25, -0.2) is 0 Å². The fraction of sp³-hybridized carbons (Fsp3) is 0.190. The second-order valence-electron chi connectivity index (χ2n) is 6.68. The van der Waals surface area contributed by atoms with Gasteiger partial charge in [0.2, 0.25) is 0 Å². The highest BCUT2D eigenvalue weighted by Crippen LogP contribution is 2.32. The number of nitro benzene ring substituents is 1. The van der Waals surface area contributed by atoms with E-state index in [1.807, 2.05) is 29.2 Å². The Morgan fingerprint density at radius 3 is 2.50 bits per heavy atom. The van der Waals surface area contributed by atoms with Crippen molar-refractivity contribution in [2.45, 2.75) is 0 Å². The quantitative estimate of drug-likeness (QED) is 0.427. The van der Waals surface area contributed by atoms with E-state index >= 15 is 0 Å². The topological polar surface area (TPSA) is 97.8 Å². The lowest BCUT2D eigenvalue weighted by atomic mass is 10.2. The van der Waals surface area contributed by atoms with Crippen molar-refractivity contribution in [3.63, 3.8) is 0 Å². The summed E-state index contributed by atoms with van der Waals surface area (Å²) >= 11 is 3.38. The van der Waals surface area contributed by atoms with Gasteiger partial charge in [0, 0.05) is 35.3 Å². The highest BCUT2D eigenvalue weighted by atomic mass is 79.9. The molecule has 8 nitrogen and oxygen atoms in total. The molecular formula is C21H18BrN3O5. The van der Waals surface area contributed by atoms with Crippen LogP contribution in [-0.4, -0.2) is 37.1 Å². The summed E-state index contributed by atoms with van der Waals surface area (Å²) in [6, 6.07) is 15.3. The van der Waals surface area contributed by atoms with Crippen LogP contribution in [0.15, 0.2) is 63.5 Å². The Bertz CT molecular complexity index is 1070. The van der Waals surface area contributed by atoms with Crippen molar-refractivity contribution in [3.8, 4) is 11.3 Å². The zero-order chi connectivity index (χ0) is 21.1. The van der Waals surface area contributed by atoms with Gasteiger partial charge in [0.05, 0.1) is 29.5 Å². The van der Waals surface area contributed by atoms with Gasteiger partial charge in [-0.1, -0.05) is 28.1 Å². The highest BCUT2D eigenvalue weighted by Gasteiger charge is 2.21. The summed E-state index contributed by atoms with van der Waals surface area (Å²) < 4.78 is 12.0. The van der Waals surface area contributed by atoms with E-state index in [4.69, 9.17) is 9.15 Å². The smallest absolute Gasteiger partial charge is 0.291 e. The van der Waals surface area contributed by atoms with Gasteiger partial charge in [0.1, 0.15) is 5.76 Å². The van der Waals surface area contributed by atoms with Gasteiger partial charge in [-0.05, 0) is 30.3 Å². The standard InChI is InChI=1S/C21H18BrN3O5/c22-15-3-1-14(2-4-15)19-7-8-20(30-19)21(26)23-17-13-16(25(27)28)5-6-18(17)24-9-11-29-12-10-24/h1-8,13H,9-12H2,(H,23,26). The van der Waals surface area contributed by atoms with Crippen molar-refractivity contribution in [2.75, 3.05) is 36.5 Å². The number of nitrogens with zero attached hydrogens (tertiary/aromatic N) is 2. The maximum atomic E-state index is 12.8. The molecule has 4 rings (SSSR count). The van der Waals surface area contributed by atoms with Crippen LogP contribution in [0.4, 0.5) is 17.1 Å². The second kappa shape index (κ2) is 8.68. The van der Waals surface area contributed by atoms with Crippen molar-refractivity contribution in [1.29, 1.82) is 0 Å². The number of morpholine rings is 1. The molecule has 0 unspecified atom stereocenters. The summed E-state index contributed by atoms with van der Waals surface area (Å²) in [5, 5.41) is 14.0. The zero-order valence-electron chi connectivity index (χ0n) is 15.8. The van der Waals surface area contributed by atoms with Gasteiger partial charge in [-0.3, -0.25) is 14.9 Å². The summed E-state index contributed by atoms with van der Waals surface area (Å²) in [5.74, 6) is 0.195. The van der Waals surface area contributed by atoms with Gasteiger partial charge < -0.3 is 19.4 Å². The number of rotatable bonds is 5. The van der Waals surface area contributed by atoms with Crippen LogP contribution in [0.1, 0.15) is 10.6 Å². The molecule has 30 heavy (non-hydrogen) atoms. The summed E-state index contributed by atoms with van der Waals surface area (Å²) in [6.07, 6.45) is 0. The number of nitro groups is 1. The molecule has 0 bridgehead atoms. The van der Waals surface area contributed by atoms with Crippen LogP contribution in [0, 0.1) is 10.1 Å². The largest absolute Gasteiger partial charge is 0.451 e. The number of carbonyl (C=O) groups is 1. The highest BCUT2D eigenvalue weighted by molar-refractivity contribution is 9.10. The minimum atomic E-state index is -0.489. The Morgan fingerprint density at radius 1 is 1.07 bits per heavy atom. The number of nitrogens with one attached hydrogen (secondary N) is 1. The molecule has 0 radical (unpaired) electrons. The Labute approximate surface area is 180 Å². The minimum Gasteiger partial charge on any atom is -0.451 e. The maximum Gasteiger partial charge on any atom is 0.291 e. The lowest BCUT2D eigenvalue weighted by molar-refractivity contribution is -0.384. The fourth-order valence-corrected chi connectivity index (χ4v) is 3.50. The van der Waals surface area contributed by atoms with Crippen LogP contribution in [-0.2, 0) is 4.74 Å². The first-order valence-electron chi connectivity index (χ1n) is 9.29. The second-order valence-corrected chi connectivity index (χ2v) is 7.60. The molecular weight excluding hydrogens is 454 g/mol. The number of halogens is 1. The van der Waals surface area contributed by atoms with Gasteiger partial charge in [0.25, 0.3) is 11.6 Å². The number of carbonyl (C=O) groups excluding carboxylic acids is 1.